The van der Waals surface area contributed by atoms with Gasteiger partial charge in [0.1, 0.15) is 25.0 Å². The molecule has 34 heavy (non-hydrogen) atoms. The first-order valence-electron chi connectivity index (χ1n) is 11.7. The van der Waals surface area contributed by atoms with Crippen LogP contribution in [0.5, 0.6) is 11.5 Å². The zero-order valence-electron chi connectivity index (χ0n) is 20.0. The normalized spacial score (nSPS) is 16.2. The van der Waals surface area contributed by atoms with Gasteiger partial charge in [-0.25, -0.2) is 0 Å². The molecule has 0 aromatic heterocycles. The van der Waals surface area contributed by atoms with E-state index in [9.17, 15) is 15.0 Å². The number of nitrogens with zero attached hydrogens (tertiary/aromatic N) is 2. The van der Waals surface area contributed by atoms with E-state index in [-0.39, 0.29) is 19.2 Å². The standard InChI is InChI=1S/C26H34N2O6/c1-26(8-7-25(31)32-2,21-3-5-23-19(13-21)15-27(9-11-29)17-33-23)22-4-6-24-20(14-22)16-28(10-12-30)18-34-24/h3-6,13-14,29-30H,7-12,15-18H2,1-2H3. The van der Waals surface area contributed by atoms with E-state index < -0.39 is 5.41 Å². The van der Waals surface area contributed by atoms with Crippen LogP contribution in [0.25, 0.3) is 0 Å². The maximum Gasteiger partial charge on any atom is 0.305 e. The van der Waals surface area contributed by atoms with Gasteiger partial charge in [0, 0.05) is 49.1 Å². The van der Waals surface area contributed by atoms with Crippen molar-refractivity contribution >= 4 is 5.97 Å². The van der Waals surface area contributed by atoms with Crippen molar-refractivity contribution in [2.45, 2.75) is 38.3 Å². The van der Waals surface area contributed by atoms with Crippen LogP contribution in [0.3, 0.4) is 0 Å². The van der Waals surface area contributed by atoms with Crippen LogP contribution in [-0.2, 0) is 28.0 Å². The fourth-order valence-corrected chi connectivity index (χ4v) is 4.75. The summed E-state index contributed by atoms with van der Waals surface area (Å²) in [6.45, 7) is 5.75. The minimum atomic E-state index is -0.448. The molecule has 2 heterocycles. The lowest BCUT2D eigenvalue weighted by Gasteiger charge is -2.35. The molecule has 2 N–H and O–H groups in total. The Bertz CT molecular complexity index is 943. The quantitative estimate of drug-likeness (QED) is 0.539. The van der Waals surface area contributed by atoms with Crippen LogP contribution >= 0.6 is 0 Å². The Kier molecular flexibility index (Phi) is 7.73. The molecule has 2 aliphatic rings. The molecule has 0 amide bonds. The minimum absolute atomic E-state index is 0.0831. The average Bonchev–Trinajstić information content (AvgIpc) is 2.86. The third-order valence-corrected chi connectivity index (χ3v) is 6.88. The summed E-state index contributed by atoms with van der Waals surface area (Å²) in [5.74, 6) is 1.47. The third kappa shape index (κ3) is 5.20. The molecule has 0 atom stereocenters. The number of esters is 1. The van der Waals surface area contributed by atoms with Crippen molar-refractivity contribution in [3.63, 3.8) is 0 Å². The van der Waals surface area contributed by atoms with Crippen molar-refractivity contribution in [3.8, 4) is 11.5 Å². The Balaban J connectivity index is 1.70. The van der Waals surface area contributed by atoms with Crippen LogP contribution in [0.2, 0.25) is 0 Å². The van der Waals surface area contributed by atoms with Gasteiger partial charge in [-0.1, -0.05) is 19.1 Å². The van der Waals surface area contributed by atoms with Gasteiger partial charge in [-0.3, -0.25) is 14.6 Å². The summed E-state index contributed by atoms with van der Waals surface area (Å²) in [5, 5.41) is 18.7. The summed E-state index contributed by atoms with van der Waals surface area (Å²) >= 11 is 0. The lowest BCUT2D eigenvalue weighted by atomic mass is 9.72. The molecular formula is C26H34N2O6. The molecule has 0 spiro atoms. The highest BCUT2D eigenvalue weighted by molar-refractivity contribution is 5.69. The third-order valence-electron chi connectivity index (χ3n) is 6.88. The van der Waals surface area contributed by atoms with Crippen molar-refractivity contribution < 1.29 is 29.2 Å². The number of benzene rings is 2. The molecular weight excluding hydrogens is 436 g/mol. The number of aliphatic hydroxyl groups is 2. The van der Waals surface area contributed by atoms with Gasteiger partial charge in [-0.05, 0) is 41.8 Å². The summed E-state index contributed by atoms with van der Waals surface area (Å²) in [7, 11) is 1.41. The molecule has 2 aromatic carbocycles. The van der Waals surface area contributed by atoms with Gasteiger partial charge in [-0.15, -0.1) is 0 Å². The van der Waals surface area contributed by atoms with Gasteiger partial charge in [0.15, 0.2) is 0 Å². The number of fused-ring (bicyclic) bond motifs is 2. The molecule has 184 valence electrons. The van der Waals surface area contributed by atoms with Gasteiger partial charge in [-0.2, -0.15) is 0 Å². The van der Waals surface area contributed by atoms with E-state index in [4.69, 9.17) is 14.2 Å². The molecule has 0 saturated carbocycles. The first kappa shape index (κ1) is 24.5. The molecule has 0 fully saturated rings. The maximum atomic E-state index is 12.1. The van der Waals surface area contributed by atoms with E-state index in [1.807, 2.05) is 12.1 Å². The van der Waals surface area contributed by atoms with E-state index in [0.717, 1.165) is 33.8 Å². The highest BCUT2D eigenvalue weighted by atomic mass is 16.5. The van der Waals surface area contributed by atoms with Gasteiger partial charge in [0.2, 0.25) is 0 Å². The number of carbonyl (C=O) groups is 1. The molecule has 0 aliphatic carbocycles. The molecule has 0 radical (unpaired) electrons. The van der Waals surface area contributed by atoms with E-state index in [0.29, 0.717) is 52.5 Å². The van der Waals surface area contributed by atoms with Crippen molar-refractivity contribution in [2.75, 3.05) is 46.9 Å². The zero-order chi connectivity index (χ0) is 24.1. The number of aliphatic hydroxyl groups excluding tert-OH is 2. The Hall–Kier alpha value is -2.65. The lowest BCUT2D eigenvalue weighted by molar-refractivity contribution is -0.140. The SMILES string of the molecule is COC(=O)CCC(C)(c1ccc2c(c1)CN(CCO)CO2)c1ccc2c(c1)CN(CCO)CO2. The molecule has 8 nitrogen and oxygen atoms in total. The number of β-amino-alcohol motifs (C(OH)–C–C–N with tert-alkyl or cyclic N) is 2. The predicted octanol–water partition coefficient (Wildman–Crippen LogP) is 2.23. The van der Waals surface area contributed by atoms with E-state index in [2.05, 4.69) is 41.0 Å². The van der Waals surface area contributed by atoms with E-state index in [1.54, 1.807) is 0 Å². The minimum Gasteiger partial charge on any atom is -0.478 e. The predicted molar refractivity (Wildman–Crippen MR) is 127 cm³/mol. The number of ether oxygens (including phenoxy) is 3. The highest BCUT2D eigenvalue weighted by Crippen LogP contribution is 2.41. The number of hydrogen-bond acceptors (Lipinski definition) is 8. The molecule has 4 rings (SSSR count). The van der Waals surface area contributed by atoms with Crippen molar-refractivity contribution in [1.82, 2.24) is 9.80 Å². The first-order chi connectivity index (χ1) is 16.5. The fraction of sp³-hybridized carbons (Fsp3) is 0.500. The molecule has 8 heteroatoms. The topological polar surface area (TPSA) is 91.7 Å². The van der Waals surface area contributed by atoms with Gasteiger partial charge >= 0.3 is 5.97 Å². The molecule has 0 bridgehead atoms. The summed E-state index contributed by atoms with van der Waals surface area (Å²) in [6.07, 6.45) is 0.876. The molecule has 2 aromatic rings. The van der Waals surface area contributed by atoms with Crippen LogP contribution in [0.4, 0.5) is 0 Å². The summed E-state index contributed by atoms with van der Waals surface area (Å²) in [6, 6.07) is 12.5. The van der Waals surface area contributed by atoms with Crippen LogP contribution in [0, 0.1) is 0 Å². The van der Waals surface area contributed by atoms with Crippen molar-refractivity contribution in [1.29, 1.82) is 0 Å². The largest absolute Gasteiger partial charge is 0.478 e. The Morgan fingerprint density at radius 2 is 1.44 bits per heavy atom. The van der Waals surface area contributed by atoms with Gasteiger partial charge in [0.05, 0.1) is 20.3 Å². The van der Waals surface area contributed by atoms with Crippen LogP contribution in [0.15, 0.2) is 36.4 Å². The smallest absolute Gasteiger partial charge is 0.305 e. The number of methoxy groups -OCH3 is 1. The Labute approximate surface area is 200 Å². The highest BCUT2D eigenvalue weighted by Gasteiger charge is 2.32. The summed E-state index contributed by atoms with van der Waals surface area (Å²) in [4.78, 5) is 16.2. The average molecular weight is 471 g/mol. The molecule has 0 saturated heterocycles. The number of carbonyl (C=O) groups excluding carboxylic acids is 1. The zero-order valence-corrected chi connectivity index (χ0v) is 20.0. The van der Waals surface area contributed by atoms with E-state index >= 15 is 0 Å². The van der Waals surface area contributed by atoms with Gasteiger partial charge < -0.3 is 24.4 Å². The Morgan fingerprint density at radius 1 is 0.941 bits per heavy atom. The summed E-state index contributed by atoms with van der Waals surface area (Å²) in [5.41, 5.74) is 3.87. The first-order valence-corrected chi connectivity index (χ1v) is 11.7. The summed E-state index contributed by atoms with van der Waals surface area (Å²) < 4.78 is 16.7. The molecule has 2 aliphatic heterocycles. The Morgan fingerprint density at radius 3 is 1.88 bits per heavy atom. The maximum absolute atomic E-state index is 12.1. The number of hydrogen-bond donors (Lipinski definition) is 2. The van der Waals surface area contributed by atoms with Gasteiger partial charge in [0.25, 0.3) is 0 Å². The number of rotatable bonds is 9. The lowest BCUT2D eigenvalue weighted by Crippen LogP contribution is -2.35. The van der Waals surface area contributed by atoms with Crippen LogP contribution in [0.1, 0.15) is 42.0 Å². The van der Waals surface area contributed by atoms with Crippen LogP contribution in [-0.4, -0.2) is 72.9 Å². The second-order valence-electron chi connectivity index (χ2n) is 9.15. The fourth-order valence-electron chi connectivity index (χ4n) is 4.75. The van der Waals surface area contributed by atoms with E-state index in [1.165, 1.54) is 7.11 Å². The monoisotopic (exact) mass is 470 g/mol. The van der Waals surface area contributed by atoms with Crippen LogP contribution < -0.4 is 9.47 Å². The molecule has 0 unspecified atom stereocenters. The second-order valence-corrected chi connectivity index (χ2v) is 9.15. The van der Waals surface area contributed by atoms with Crippen molar-refractivity contribution in [2.24, 2.45) is 0 Å². The second kappa shape index (κ2) is 10.7. The van der Waals surface area contributed by atoms with Crippen molar-refractivity contribution in [3.05, 3.63) is 58.7 Å².